The number of hydrogen-bond donors (Lipinski definition) is 2. The molecule has 3 aromatic carbocycles. The minimum atomic E-state index is -0.315. The van der Waals surface area contributed by atoms with Gasteiger partial charge in [0.25, 0.3) is 11.8 Å². The first-order chi connectivity index (χ1) is 14.5. The van der Waals surface area contributed by atoms with Crippen LogP contribution in [0.5, 0.6) is 5.75 Å². The van der Waals surface area contributed by atoms with Gasteiger partial charge in [-0.15, -0.1) is 0 Å². The second kappa shape index (κ2) is 10.6. The van der Waals surface area contributed by atoms with E-state index in [0.29, 0.717) is 27.6 Å². The molecule has 0 atom stereocenters. The van der Waals surface area contributed by atoms with E-state index >= 15 is 0 Å². The smallest absolute Gasteiger partial charge is 0.271 e. The van der Waals surface area contributed by atoms with Crippen molar-refractivity contribution in [2.75, 3.05) is 11.9 Å². The fraction of sp³-hybridized carbons (Fsp3) is 0.0455. The molecule has 3 aromatic rings. The first kappa shape index (κ1) is 21.5. The molecule has 0 saturated carbocycles. The van der Waals surface area contributed by atoms with Gasteiger partial charge in [-0.25, -0.2) is 5.43 Å². The minimum Gasteiger partial charge on any atom is -0.484 e. The number of rotatable bonds is 7. The Hall–Kier alpha value is -3.16. The van der Waals surface area contributed by atoms with Gasteiger partial charge in [-0.1, -0.05) is 39.7 Å². The van der Waals surface area contributed by atoms with Gasteiger partial charge in [-0.3, -0.25) is 9.59 Å². The van der Waals surface area contributed by atoms with Gasteiger partial charge in [0, 0.05) is 20.7 Å². The molecule has 0 aliphatic rings. The number of nitrogens with one attached hydrogen (secondary N) is 2. The summed E-state index contributed by atoms with van der Waals surface area (Å²) in [5.74, 6) is -0.104. The van der Waals surface area contributed by atoms with Crippen LogP contribution < -0.4 is 15.5 Å². The van der Waals surface area contributed by atoms with Gasteiger partial charge in [0.2, 0.25) is 0 Å². The maximum atomic E-state index is 12.0. The summed E-state index contributed by atoms with van der Waals surface area (Å²) in [5, 5.41) is 7.27. The highest BCUT2D eigenvalue weighted by Gasteiger charge is 2.05. The number of hydrazone groups is 1. The topological polar surface area (TPSA) is 79.8 Å². The highest BCUT2D eigenvalue weighted by Crippen LogP contribution is 2.15. The molecule has 3 rings (SSSR count). The predicted molar refractivity (Wildman–Crippen MR) is 121 cm³/mol. The van der Waals surface area contributed by atoms with Gasteiger partial charge in [0.15, 0.2) is 6.61 Å². The molecule has 0 heterocycles. The number of halogens is 2. The number of nitrogens with zero attached hydrogens (tertiary/aromatic N) is 1. The van der Waals surface area contributed by atoms with Crippen LogP contribution in [0.3, 0.4) is 0 Å². The lowest BCUT2D eigenvalue weighted by molar-refractivity contribution is -0.118. The van der Waals surface area contributed by atoms with Crippen molar-refractivity contribution >= 4 is 51.2 Å². The second-order valence-electron chi connectivity index (χ2n) is 6.12. The minimum absolute atomic E-state index is 0.149. The highest BCUT2D eigenvalue weighted by atomic mass is 79.9. The van der Waals surface area contributed by atoms with Crippen LogP contribution in [0.4, 0.5) is 5.69 Å². The van der Waals surface area contributed by atoms with E-state index in [1.54, 1.807) is 72.8 Å². The second-order valence-corrected chi connectivity index (χ2v) is 7.47. The molecule has 2 N–H and O–H groups in total. The van der Waals surface area contributed by atoms with Crippen molar-refractivity contribution in [3.8, 4) is 5.75 Å². The summed E-state index contributed by atoms with van der Waals surface area (Å²) < 4.78 is 6.41. The summed E-state index contributed by atoms with van der Waals surface area (Å²) in [6.07, 6.45) is 1.50. The lowest BCUT2D eigenvalue weighted by Gasteiger charge is -2.08. The SMILES string of the molecule is O=C(COc1cccc(/C=N/NC(=O)c2ccc(Br)cc2)c1)Nc1ccc(Cl)cc1. The predicted octanol–water partition coefficient (Wildman–Crippen LogP) is 4.88. The summed E-state index contributed by atoms with van der Waals surface area (Å²) >= 11 is 9.14. The third-order valence-corrected chi connectivity index (χ3v) is 4.62. The number of carbonyl (C=O) groups excluding carboxylic acids is 2. The Morgan fingerprint density at radius 3 is 2.50 bits per heavy atom. The van der Waals surface area contributed by atoms with Gasteiger partial charge >= 0.3 is 0 Å². The Morgan fingerprint density at radius 1 is 1.03 bits per heavy atom. The molecular formula is C22H17BrClN3O3. The van der Waals surface area contributed by atoms with Crippen LogP contribution in [0.25, 0.3) is 0 Å². The zero-order chi connectivity index (χ0) is 21.3. The molecule has 152 valence electrons. The standard InChI is InChI=1S/C22H17BrClN3O3/c23-17-6-4-16(5-7-17)22(29)27-25-13-15-2-1-3-20(12-15)30-14-21(28)26-19-10-8-18(24)9-11-19/h1-13H,14H2,(H,26,28)(H,27,29)/b25-13+. The van der Waals surface area contributed by atoms with E-state index in [9.17, 15) is 9.59 Å². The van der Waals surface area contributed by atoms with Crippen LogP contribution in [0, 0.1) is 0 Å². The van der Waals surface area contributed by atoms with E-state index < -0.39 is 0 Å². The molecule has 0 aromatic heterocycles. The summed E-state index contributed by atoms with van der Waals surface area (Å²) in [6.45, 7) is -0.149. The van der Waals surface area contributed by atoms with Crippen molar-refractivity contribution in [1.29, 1.82) is 0 Å². The first-order valence-corrected chi connectivity index (χ1v) is 10.0. The van der Waals surface area contributed by atoms with Gasteiger partial charge in [-0.05, 0) is 66.2 Å². The molecule has 0 radical (unpaired) electrons. The van der Waals surface area contributed by atoms with Crippen LogP contribution >= 0.6 is 27.5 Å². The fourth-order valence-corrected chi connectivity index (χ4v) is 2.79. The van der Waals surface area contributed by atoms with Crippen molar-refractivity contribution in [2.24, 2.45) is 5.10 Å². The summed E-state index contributed by atoms with van der Waals surface area (Å²) in [4.78, 5) is 24.1. The number of anilines is 1. The highest BCUT2D eigenvalue weighted by molar-refractivity contribution is 9.10. The largest absolute Gasteiger partial charge is 0.484 e. The molecule has 6 nitrogen and oxygen atoms in total. The van der Waals surface area contributed by atoms with Crippen molar-refractivity contribution < 1.29 is 14.3 Å². The van der Waals surface area contributed by atoms with E-state index in [4.69, 9.17) is 16.3 Å². The maximum absolute atomic E-state index is 12.0. The van der Waals surface area contributed by atoms with Crippen LogP contribution in [-0.2, 0) is 4.79 Å². The van der Waals surface area contributed by atoms with Crippen LogP contribution in [0.1, 0.15) is 15.9 Å². The number of ether oxygens (including phenoxy) is 1. The van der Waals surface area contributed by atoms with E-state index in [-0.39, 0.29) is 18.4 Å². The van der Waals surface area contributed by atoms with Gasteiger partial charge in [0.05, 0.1) is 6.21 Å². The first-order valence-electron chi connectivity index (χ1n) is 8.87. The monoisotopic (exact) mass is 485 g/mol. The molecule has 0 fully saturated rings. The molecule has 30 heavy (non-hydrogen) atoms. The summed E-state index contributed by atoms with van der Waals surface area (Å²) in [5.41, 5.74) is 4.31. The van der Waals surface area contributed by atoms with Crippen molar-refractivity contribution in [3.05, 3.63) is 93.4 Å². The maximum Gasteiger partial charge on any atom is 0.271 e. The van der Waals surface area contributed by atoms with Crippen LogP contribution in [0.15, 0.2) is 82.4 Å². The van der Waals surface area contributed by atoms with E-state index in [2.05, 4.69) is 31.8 Å². The van der Waals surface area contributed by atoms with E-state index in [1.807, 2.05) is 0 Å². The molecule has 8 heteroatoms. The molecular weight excluding hydrogens is 470 g/mol. The third kappa shape index (κ3) is 6.72. The lowest BCUT2D eigenvalue weighted by Crippen LogP contribution is -2.20. The number of amides is 2. The summed E-state index contributed by atoms with van der Waals surface area (Å²) in [6, 6.07) is 20.8. The molecule has 0 bridgehead atoms. The average molecular weight is 487 g/mol. The molecule has 0 spiro atoms. The van der Waals surface area contributed by atoms with E-state index in [0.717, 1.165) is 4.47 Å². The van der Waals surface area contributed by atoms with Crippen molar-refractivity contribution in [3.63, 3.8) is 0 Å². The van der Waals surface area contributed by atoms with Gasteiger partial charge in [0.1, 0.15) is 5.75 Å². The lowest BCUT2D eigenvalue weighted by atomic mass is 10.2. The fourth-order valence-electron chi connectivity index (χ4n) is 2.40. The Labute approximate surface area is 187 Å². The van der Waals surface area contributed by atoms with E-state index in [1.165, 1.54) is 6.21 Å². The van der Waals surface area contributed by atoms with Crippen molar-refractivity contribution in [2.45, 2.75) is 0 Å². The zero-order valence-electron chi connectivity index (χ0n) is 15.6. The third-order valence-electron chi connectivity index (χ3n) is 3.84. The molecule has 0 unspecified atom stereocenters. The zero-order valence-corrected chi connectivity index (χ0v) is 18.0. The van der Waals surface area contributed by atoms with Gasteiger partial charge < -0.3 is 10.1 Å². The Balaban J connectivity index is 1.50. The Kier molecular flexibility index (Phi) is 7.59. The average Bonchev–Trinajstić information content (AvgIpc) is 2.75. The number of benzene rings is 3. The molecule has 0 saturated heterocycles. The van der Waals surface area contributed by atoms with Crippen molar-refractivity contribution in [1.82, 2.24) is 5.43 Å². The normalized spacial score (nSPS) is 10.6. The number of carbonyl (C=O) groups is 2. The molecule has 2 amide bonds. The Morgan fingerprint density at radius 2 is 1.77 bits per heavy atom. The summed E-state index contributed by atoms with van der Waals surface area (Å²) in [7, 11) is 0. The number of hydrogen-bond acceptors (Lipinski definition) is 4. The van der Waals surface area contributed by atoms with Crippen LogP contribution in [0.2, 0.25) is 5.02 Å². The van der Waals surface area contributed by atoms with Gasteiger partial charge in [-0.2, -0.15) is 5.10 Å². The van der Waals surface area contributed by atoms with Crippen LogP contribution in [-0.4, -0.2) is 24.6 Å². The molecule has 0 aliphatic heterocycles. The Bertz CT molecular complexity index is 1050. The quantitative estimate of drug-likeness (QED) is 0.369. The molecule has 0 aliphatic carbocycles.